The van der Waals surface area contributed by atoms with E-state index in [1.807, 2.05) is 30.3 Å². The van der Waals surface area contributed by atoms with Gasteiger partial charge in [0.15, 0.2) is 5.69 Å². The Hall–Kier alpha value is -2.87. The zero-order valence-corrected chi connectivity index (χ0v) is 13.8. The van der Waals surface area contributed by atoms with Crippen LogP contribution in [0.4, 0.5) is 4.79 Å². The number of rotatable bonds is 4. The van der Waals surface area contributed by atoms with Crippen LogP contribution in [-0.2, 0) is 16.1 Å². The molecule has 1 atom stereocenters. The molecule has 0 radical (unpaired) electrons. The Morgan fingerprint density at radius 1 is 1.36 bits per heavy atom. The van der Waals surface area contributed by atoms with Crippen LogP contribution in [0.3, 0.4) is 0 Å². The molecule has 2 aromatic rings. The summed E-state index contributed by atoms with van der Waals surface area (Å²) in [7, 11) is 0. The van der Waals surface area contributed by atoms with Crippen LogP contribution in [0.5, 0.6) is 0 Å². The van der Waals surface area contributed by atoms with E-state index >= 15 is 0 Å². The molecule has 0 spiro atoms. The topological polar surface area (TPSA) is 102 Å². The minimum Gasteiger partial charge on any atom is -0.476 e. The smallest absolute Gasteiger partial charge is 0.413 e. The second-order valence-electron chi connectivity index (χ2n) is 6.06. The summed E-state index contributed by atoms with van der Waals surface area (Å²) in [6.07, 6.45) is 0.447. The Kier molecular flexibility index (Phi) is 4.45. The number of aromatic carboxylic acids is 1. The summed E-state index contributed by atoms with van der Waals surface area (Å²) < 4.78 is 16.2. The van der Waals surface area contributed by atoms with E-state index in [2.05, 4.69) is 4.98 Å². The third-order valence-electron chi connectivity index (χ3n) is 3.91. The van der Waals surface area contributed by atoms with Crippen molar-refractivity contribution in [3.05, 3.63) is 53.7 Å². The molecule has 0 bridgehead atoms. The number of ether oxygens (including phenoxy) is 2. The van der Waals surface area contributed by atoms with Gasteiger partial charge in [-0.05, 0) is 19.4 Å². The lowest BCUT2D eigenvalue weighted by Crippen LogP contribution is -2.45. The molecule has 0 unspecified atom stereocenters. The van der Waals surface area contributed by atoms with Crippen molar-refractivity contribution in [1.29, 1.82) is 0 Å². The van der Waals surface area contributed by atoms with Gasteiger partial charge < -0.3 is 19.0 Å². The van der Waals surface area contributed by atoms with Gasteiger partial charge in [0, 0.05) is 0 Å². The van der Waals surface area contributed by atoms with Crippen molar-refractivity contribution in [2.75, 3.05) is 6.61 Å². The Morgan fingerprint density at radius 2 is 2.08 bits per heavy atom. The SMILES string of the molecule is CC1(C)OC[C@@H](c2nc(C(=O)O)co2)N1C(=O)OCc1ccccc1. The van der Waals surface area contributed by atoms with Gasteiger partial charge in [-0.3, -0.25) is 4.90 Å². The van der Waals surface area contributed by atoms with Gasteiger partial charge in [0.2, 0.25) is 5.89 Å². The van der Waals surface area contributed by atoms with Gasteiger partial charge in [-0.15, -0.1) is 0 Å². The van der Waals surface area contributed by atoms with Crippen LogP contribution in [0.25, 0.3) is 0 Å². The number of hydrogen-bond donors (Lipinski definition) is 1. The first-order valence-electron chi connectivity index (χ1n) is 7.71. The second-order valence-corrected chi connectivity index (χ2v) is 6.06. The summed E-state index contributed by atoms with van der Waals surface area (Å²) in [4.78, 5) is 28.8. The predicted octanol–water partition coefficient (Wildman–Crippen LogP) is 2.82. The summed E-state index contributed by atoms with van der Waals surface area (Å²) in [5.41, 5.74) is -0.303. The number of oxazole rings is 1. The number of aromatic nitrogens is 1. The number of carbonyl (C=O) groups excluding carboxylic acids is 1. The fourth-order valence-corrected chi connectivity index (χ4v) is 2.66. The Balaban J connectivity index is 1.77. The van der Waals surface area contributed by atoms with Crippen molar-refractivity contribution in [3.63, 3.8) is 0 Å². The molecule has 8 nitrogen and oxygen atoms in total. The molecular formula is C17H18N2O6. The number of amides is 1. The van der Waals surface area contributed by atoms with Crippen LogP contribution in [-0.4, -0.2) is 39.4 Å². The predicted molar refractivity (Wildman–Crippen MR) is 84.7 cm³/mol. The Morgan fingerprint density at radius 3 is 2.72 bits per heavy atom. The second kappa shape index (κ2) is 6.56. The van der Waals surface area contributed by atoms with Crippen LogP contribution in [0.2, 0.25) is 0 Å². The molecule has 0 saturated carbocycles. The highest BCUT2D eigenvalue weighted by atomic mass is 16.6. The molecule has 8 heteroatoms. The van der Waals surface area contributed by atoms with Crippen molar-refractivity contribution in [2.45, 2.75) is 32.2 Å². The molecule has 1 fully saturated rings. The maximum Gasteiger partial charge on any atom is 0.413 e. The van der Waals surface area contributed by atoms with Crippen molar-refractivity contribution in [1.82, 2.24) is 9.88 Å². The lowest BCUT2D eigenvalue weighted by atomic mass is 10.2. The molecule has 132 valence electrons. The number of carboxylic acid groups (broad SMARTS) is 1. The number of nitrogens with zero attached hydrogens (tertiary/aromatic N) is 2. The molecule has 1 aromatic heterocycles. The van der Waals surface area contributed by atoms with Crippen molar-refractivity contribution in [2.24, 2.45) is 0 Å². The van der Waals surface area contributed by atoms with Gasteiger partial charge in [-0.1, -0.05) is 30.3 Å². The highest BCUT2D eigenvalue weighted by molar-refractivity contribution is 5.84. The van der Waals surface area contributed by atoms with E-state index in [0.29, 0.717) is 0 Å². The fraction of sp³-hybridized carbons (Fsp3) is 0.353. The largest absolute Gasteiger partial charge is 0.476 e. The Labute approximate surface area is 144 Å². The maximum atomic E-state index is 12.6. The van der Waals surface area contributed by atoms with E-state index < -0.39 is 23.8 Å². The minimum absolute atomic E-state index is 0.0969. The first-order valence-corrected chi connectivity index (χ1v) is 7.71. The van der Waals surface area contributed by atoms with Crippen LogP contribution in [0.15, 0.2) is 41.0 Å². The summed E-state index contributed by atoms with van der Waals surface area (Å²) in [5.74, 6) is -1.11. The third-order valence-corrected chi connectivity index (χ3v) is 3.91. The average Bonchev–Trinajstić information content (AvgIpc) is 3.18. The summed E-state index contributed by atoms with van der Waals surface area (Å²) in [6.45, 7) is 3.69. The minimum atomic E-state index is -1.20. The van der Waals surface area contributed by atoms with Crippen molar-refractivity contribution < 1.29 is 28.6 Å². The van der Waals surface area contributed by atoms with Crippen LogP contribution in [0, 0.1) is 0 Å². The van der Waals surface area contributed by atoms with Crippen LogP contribution in [0.1, 0.15) is 41.8 Å². The normalized spacial score (nSPS) is 19.0. The summed E-state index contributed by atoms with van der Waals surface area (Å²) in [6, 6.07) is 8.63. The molecule has 1 aromatic carbocycles. The molecule has 2 heterocycles. The standard InChI is InChI=1S/C17H18N2O6/c1-17(2)19(16(22)24-8-11-6-4-3-5-7-11)13(10-25-17)14-18-12(9-23-14)15(20)21/h3-7,9,13H,8,10H2,1-2H3,(H,20,21)/t13-/m0/s1. The number of benzene rings is 1. The van der Waals surface area contributed by atoms with E-state index in [1.165, 1.54) is 4.90 Å². The van der Waals surface area contributed by atoms with Crippen LogP contribution < -0.4 is 0 Å². The molecule has 1 amide bonds. The number of carbonyl (C=O) groups is 2. The molecular weight excluding hydrogens is 328 g/mol. The number of hydrogen-bond acceptors (Lipinski definition) is 6. The van der Waals surface area contributed by atoms with Gasteiger partial charge >= 0.3 is 12.1 Å². The fourth-order valence-electron chi connectivity index (χ4n) is 2.66. The highest BCUT2D eigenvalue weighted by Gasteiger charge is 2.47. The lowest BCUT2D eigenvalue weighted by Gasteiger charge is -2.31. The molecule has 1 saturated heterocycles. The van der Waals surface area contributed by atoms with Crippen LogP contribution >= 0.6 is 0 Å². The van der Waals surface area contributed by atoms with Gasteiger partial charge in [0.05, 0.1) is 6.61 Å². The van der Waals surface area contributed by atoms with E-state index in [0.717, 1.165) is 11.8 Å². The third kappa shape index (κ3) is 3.48. The van der Waals surface area contributed by atoms with Crippen molar-refractivity contribution >= 4 is 12.1 Å². The highest BCUT2D eigenvalue weighted by Crippen LogP contribution is 2.37. The van der Waals surface area contributed by atoms with Gasteiger partial charge in [-0.2, -0.15) is 0 Å². The zero-order chi connectivity index (χ0) is 18.0. The molecule has 25 heavy (non-hydrogen) atoms. The quantitative estimate of drug-likeness (QED) is 0.908. The zero-order valence-electron chi connectivity index (χ0n) is 13.8. The summed E-state index contributed by atoms with van der Waals surface area (Å²) in [5, 5.41) is 8.97. The van der Waals surface area contributed by atoms with E-state index in [4.69, 9.17) is 19.0 Å². The lowest BCUT2D eigenvalue weighted by molar-refractivity contribution is -0.0500. The first kappa shape index (κ1) is 17.0. The molecule has 1 aliphatic rings. The van der Waals surface area contributed by atoms with E-state index in [-0.39, 0.29) is 24.8 Å². The van der Waals surface area contributed by atoms with Gasteiger partial charge in [0.1, 0.15) is 24.6 Å². The van der Waals surface area contributed by atoms with E-state index in [1.54, 1.807) is 13.8 Å². The first-order chi connectivity index (χ1) is 11.9. The van der Waals surface area contributed by atoms with Gasteiger partial charge in [0.25, 0.3) is 0 Å². The maximum absolute atomic E-state index is 12.6. The molecule has 0 aliphatic carbocycles. The van der Waals surface area contributed by atoms with Gasteiger partial charge in [-0.25, -0.2) is 14.6 Å². The summed E-state index contributed by atoms with van der Waals surface area (Å²) >= 11 is 0. The van der Waals surface area contributed by atoms with E-state index in [9.17, 15) is 9.59 Å². The number of carboxylic acids is 1. The molecule has 1 aliphatic heterocycles. The average molecular weight is 346 g/mol. The monoisotopic (exact) mass is 346 g/mol. The molecule has 3 rings (SSSR count). The van der Waals surface area contributed by atoms with Crippen molar-refractivity contribution in [3.8, 4) is 0 Å². The Bertz CT molecular complexity index is 770. The molecule has 1 N–H and O–H groups in total.